The Morgan fingerprint density at radius 3 is 2.55 bits per heavy atom. The molecule has 20 heavy (non-hydrogen) atoms. The van der Waals surface area contributed by atoms with Crippen molar-refractivity contribution in [3.8, 4) is 16.3 Å². The van der Waals surface area contributed by atoms with Gasteiger partial charge in [-0.25, -0.2) is 4.68 Å². The summed E-state index contributed by atoms with van der Waals surface area (Å²) in [5.41, 5.74) is 11.1. The van der Waals surface area contributed by atoms with Crippen molar-refractivity contribution in [3.05, 3.63) is 47.6 Å². The Morgan fingerprint density at radius 2 is 1.95 bits per heavy atom. The molecule has 0 aliphatic heterocycles. The third-order valence-corrected chi connectivity index (χ3v) is 3.98. The summed E-state index contributed by atoms with van der Waals surface area (Å²) in [6, 6.07) is 9.96. The molecule has 0 aliphatic carbocycles. The second-order valence-electron chi connectivity index (χ2n) is 4.92. The third-order valence-electron chi connectivity index (χ3n) is 3.20. The summed E-state index contributed by atoms with van der Waals surface area (Å²) in [5.74, 6) is 1.01. The lowest BCUT2D eigenvalue weighted by molar-refractivity contribution is 0.868. The van der Waals surface area contributed by atoms with E-state index in [0.29, 0.717) is 11.7 Å². The maximum atomic E-state index is 6.33. The first kappa shape index (κ1) is 12.9. The molecule has 5 heteroatoms. The molecule has 1 aromatic carbocycles. The van der Waals surface area contributed by atoms with E-state index in [1.807, 2.05) is 46.7 Å². The van der Waals surface area contributed by atoms with Crippen molar-refractivity contribution < 1.29 is 0 Å². The fourth-order valence-corrected chi connectivity index (χ4v) is 2.91. The average molecular weight is 284 g/mol. The molecule has 0 spiro atoms. The standard InChI is InChI=1S/C15H16N4S/c1-10(2)13-14(12-8-17-9-20-12)18-19(15(13)16)11-6-4-3-5-7-11/h3-10H,16H2,1-2H3. The maximum Gasteiger partial charge on any atom is 0.131 e. The molecular weight excluding hydrogens is 268 g/mol. The van der Waals surface area contributed by atoms with Gasteiger partial charge in [0.1, 0.15) is 11.5 Å². The fraction of sp³-hybridized carbons (Fsp3) is 0.200. The van der Waals surface area contributed by atoms with Gasteiger partial charge in [-0.05, 0) is 18.1 Å². The van der Waals surface area contributed by atoms with Crippen molar-refractivity contribution in [2.45, 2.75) is 19.8 Å². The highest BCUT2D eigenvalue weighted by atomic mass is 32.1. The normalized spacial score (nSPS) is 11.2. The van der Waals surface area contributed by atoms with Crippen molar-refractivity contribution in [3.63, 3.8) is 0 Å². The Balaban J connectivity index is 2.22. The van der Waals surface area contributed by atoms with Crippen LogP contribution in [0.4, 0.5) is 5.82 Å². The van der Waals surface area contributed by atoms with E-state index in [1.54, 1.807) is 11.3 Å². The van der Waals surface area contributed by atoms with Gasteiger partial charge in [-0.1, -0.05) is 32.0 Å². The van der Waals surface area contributed by atoms with Gasteiger partial charge >= 0.3 is 0 Å². The molecule has 0 fully saturated rings. The summed E-state index contributed by atoms with van der Waals surface area (Å²) in [4.78, 5) is 5.19. The van der Waals surface area contributed by atoms with Crippen LogP contribution in [0.3, 0.4) is 0 Å². The predicted octanol–water partition coefficient (Wildman–Crippen LogP) is 3.70. The Kier molecular flexibility index (Phi) is 3.28. The van der Waals surface area contributed by atoms with E-state index >= 15 is 0 Å². The molecular formula is C15H16N4S. The number of nitrogen functional groups attached to an aromatic ring is 1. The number of para-hydroxylation sites is 1. The Morgan fingerprint density at radius 1 is 1.20 bits per heavy atom. The maximum absolute atomic E-state index is 6.33. The van der Waals surface area contributed by atoms with Gasteiger partial charge in [0.25, 0.3) is 0 Å². The van der Waals surface area contributed by atoms with Crippen LogP contribution in [0.5, 0.6) is 0 Å². The summed E-state index contributed by atoms with van der Waals surface area (Å²) >= 11 is 1.58. The van der Waals surface area contributed by atoms with Gasteiger partial charge in [0, 0.05) is 11.8 Å². The zero-order valence-corrected chi connectivity index (χ0v) is 12.3. The van der Waals surface area contributed by atoms with E-state index in [-0.39, 0.29) is 0 Å². The summed E-state index contributed by atoms with van der Waals surface area (Å²) in [7, 11) is 0. The Hall–Kier alpha value is -2.14. The van der Waals surface area contributed by atoms with Gasteiger partial charge in [-0.3, -0.25) is 4.98 Å². The highest BCUT2D eigenvalue weighted by molar-refractivity contribution is 7.13. The lowest BCUT2D eigenvalue weighted by Crippen LogP contribution is -2.03. The molecule has 3 aromatic rings. The first-order valence-electron chi connectivity index (χ1n) is 6.51. The topological polar surface area (TPSA) is 56.7 Å². The van der Waals surface area contributed by atoms with Crippen LogP contribution >= 0.6 is 11.3 Å². The molecule has 2 aromatic heterocycles. The average Bonchev–Trinajstić information content (AvgIpc) is 3.06. The minimum absolute atomic E-state index is 0.310. The van der Waals surface area contributed by atoms with E-state index in [0.717, 1.165) is 21.8 Å². The second kappa shape index (κ2) is 5.09. The summed E-state index contributed by atoms with van der Waals surface area (Å²) in [6.07, 6.45) is 1.84. The summed E-state index contributed by atoms with van der Waals surface area (Å²) < 4.78 is 1.81. The first-order chi connectivity index (χ1) is 9.68. The van der Waals surface area contributed by atoms with Crippen LogP contribution in [0.2, 0.25) is 0 Å². The molecule has 0 saturated carbocycles. The largest absolute Gasteiger partial charge is 0.383 e. The molecule has 0 aliphatic rings. The lowest BCUT2D eigenvalue weighted by Gasteiger charge is -2.07. The van der Waals surface area contributed by atoms with Crippen LogP contribution in [0.25, 0.3) is 16.3 Å². The van der Waals surface area contributed by atoms with Gasteiger partial charge in [0.2, 0.25) is 0 Å². The molecule has 0 radical (unpaired) electrons. The highest BCUT2D eigenvalue weighted by Gasteiger charge is 2.21. The number of hydrogen-bond donors (Lipinski definition) is 1. The van der Waals surface area contributed by atoms with Gasteiger partial charge in [0.05, 0.1) is 16.1 Å². The number of aromatic nitrogens is 3. The van der Waals surface area contributed by atoms with Crippen molar-refractivity contribution in [1.82, 2.24) is 14.8 Å². The van der Waals surface area contributed by atoms with E-state index in [1.165, 1.54) is 0 Å². The van der Waals surface area contributed by atoms with Gasteiger partial charge < -0.3 is 5.73 Å². The van der Waals surface area contributed by atoms with Crippen molar-refractivity contribution in [1.29, 1.82) is 0 Å². The van der Waals surface area contributed by atoms with E-state index < -0.39 is 0 Å². The summed E-state index contributed by atoms with van der Waals surface area (Å²) in [6.45, 7) is 4.26. The molecule has 4 nitrogen and oxygen atoms in total. The molecule has 0 saturated heterocycles. The molecule has 0 amide bonds. The predicted molar refractivity (Wildman–Crippen MR) is 83.2 cm³/mol. The minimum atomic E-state index is 0.310. The van der Waals surface area contributed by atoms with Crippen LogP contribution in [-0.4, -0.2) is 14.8 Å². The zero-order valence-electron chi connectivity index (χ0n) is 11.4. The van der Waals surface area contributed by atoms with Crippen LogP contribution in [0.15, 0.2) is 42.0 Å². The number of nitrogens with zero attached hydrogens (tertiary/aromatic N) is 3. The quantitative estimate of drug-likeness (QED) is 0.797. The van der Waals surface area contributed by atoms with Gasteiger partial charge in [-0.15, -0.1) is 11.3 Å². The fourth-order valence-electron chi connectivity index (χ4n) is 2.29. The van der Waals surface area contributed by atoms with Gasteiger partial charge in [0.15, 0.2) is 0 Å². The SMILES string of the molecule is CC(C)c1c(-c2cncs2)nn(-c2ccccc2)c1N. The van der Waals surface area contributed by atoms with Crippen LogP contribution in [-0.2, 0) is 0 Å². The molecule has 0 atom stereocenters. The van der Waals surface area contributed by atoms with Crippen LogP contribution < -0.4 is 5.73 Å². The monoisotopic (exact) mass is 284 g/mol. The number of hydrogen-bond acceptors (Lipinski definition) is 4. The molecule has 2 N–H and O–H groups in total. The Labute approximate surface area is 121 Å². The summed E-state index contributed by atoms with van der Waals surface area (Å²) in [5, 5.41) is 4.71. The molecule has 0 unspecified atom stereocenters. The van der Waals surface area contributed by atoms with E-state index in [9.17, 15) is 0 Å². The van der Waals surface area contributed by atoms with E-state index in [2.05, 4.69) is 18.8 Å². The van der Waals surface area contributed by atoms with Crippen LogP contribution in [0.1, 0.15) is 25.3 Å². The number of rotatable bonds is 3. The molecule has 0 bridgehead atoms. The second-order valence-corrected chi connectivity index (χ2v) is 5.80. The Bertz CT molecular complexity index is 699. The van der Waals surface area contributed by atoms with Crippen molar-refractivity contribution >= 4 is 17.2 Å². The number of thiazole rings is 1. The molecule has 102 valence electrons. The minimum Gasteiger partial charge on any atom is -0.383 e. The number of nitrogens with two attached hydrogens (primary N) is 1. The van der Waals surface area contributed by atoms with Gasteiger partial charge in [-0.2, -0.15) is 5.10 Å². The molecule has 3 rings (SSSR count). The number of benzene rings is 1. The smallest absolute Gasteiger partial charge is 0.131 e. The number of anilines is 1. The zero-order chi connectivity index (χ0) is 14.1. The highest BCUT2D eigenvalue weighted by Crippen LogP contribution is 2.35. The van der Waals surface area contributed by atoms with Crippen molar-refractivity contribution in [2.24, 2.45) is 0 Å². The first-order valence-corrected chi connectivity index (χ1v) is 7.39. The molecule has 2 heterocycles. The van der Waals surface area contributed by atoms with E-state index in [4.69, 9.17) is 10.8 Å². The van der Waals surface area contributed by atoms with Crippen LogP contribution in [0, 0.1) is 0 Å². The van der Waals surface area contributed by atoms with Crippen molar-refractivity contribution in [2.75, 3.05) is 5.73 Å². The lowest BCUT2D eigenvalue weighted by atomic mass is 10.0. The third kappa shape index (κ3) is 2.10.